The molecule has 2 aromatic heterocycles. The lowest BCUT2D eigenvalue weighted by molar-refractivity contribution is 0.0995. The minimum Gasteiger partial charge on any atom is -0.494 e. The fourth-order valence-electron chi connectivity index (χ4n) is 3.81. The van der Waals surface area contributed by atoms with E-state index in [1.807, 2.05) is 41.5 Å². The SMILES string of the molecule is CCOc1ccc(-n2nc3c(CCCN(C(=O)O)C(C)(C)C)nnc(C)c3c2C)c(F)c1. The van der Waals surface area contributed by atoms with Crippen molar-refractivity contribution in [3.63, 3.8) is 0 Å². The minimum absolute atomic E-state index is 0.317. The number of nitrogens with zero attached hydrogens (tertiary/aromatic N) is 5. The Morgan fingerprint density at radius 3 is 2.56 bits per heavy atom. The van der Waals surface area contributed by atoms with E-state index in [4.69, 9.17) is 4.74 Å². The number of ether oxygens (including phenoxy) is 1. The topological polar surface area (TPSA) is 93.4 Å². The second kappa shape index (κ2) is 9.10. The molecule has 0 atom stereocenters. The maximum absolute atomic E-state index is 14.8. The molecule has 0 unspecified atom stereocenters. The molecule has 32 heavy (non-hydrogen) atoms. The number of rotatable bonds is 7. The molecule has 0 spiro atoms. The lowest BCUT2D eigenvalue weighted by Crippen LogP contribution is -2.45. The van der Waals surface area contributed by atoms with E-state index in [0.29, 0.717) is 54.3 Å². The molecule has 3 rings (SSSR count). The van der Waals surface area contributed by atoms with Gasteiger partial charge in [-0.25, -0.2) is 13.9 Å². The van der Waals surface area contributed by atoms with Gasteiger partial charge in [-0.15, -0.1) is 0 Å². The molecule has 0 fully saturated rings. The van der Waals surface area contributed by atoms with Gasteiger partial charge in [0, 0.05) is 23.5 Å². The van der Waals surface area contributed by atoms with E-state index < -0.39 is 17.4 Å². The van der Waals surface area contributed by atoms with Crippen LogP contribution in [0.4, 0.5) is 9.18 Å². The van der Waals surface area contributed by atoms with Gasteiger partial charge in [-0.2, -0.15) is 15.3 Å². The van der Waals surface area contributed by atoms with Crippen LogP contribution in [0.15, 0.2) is 18.2 Å². The van der Waals surface area contributed by atoms with Crippen LogP contribution in [0.3, 0.4) is 0 Å². The standard InChI is InChI=1S/C23H30FN5O3/c1-7-32-16-10-11-19(17(24)13-16)29-15(3)20-14(2)25-26-18(21(20)27-29)9-8-12-28(22(30)31)23(4,5)6/h10-11,13H,7-9,12H2,1-6H3,(H,30,31). The third-order valence-corrected chi connectivity index (χ3v) is 5.37. The van der Waals surface area contributed by atoms with E-state index in [0.717, 1.165) is 11.1 Å². The lowest BCUT2D eigenvalue weighted by atomic mass is 10.1. The van der Waals surface area contributed by atoms with Crippen molar-refractivity contribution in [3.05, 3.63) is 41.1 Å². The Morgan fingerprint density at radius 2 is 1.97 bits per heavy atom. The average Bonchev–Trinajstić information content (AvgIpc) is 3.04. The van der Waals surface area contributed by atoms with E-state index in [-0.39, 0.29) is 0 Å². The number of aromatic nitrogens is 4. The van der Waals surface area contributed by atoms with Crippen LogP contribution in [-0.4, -0.2) is 54.8 Å². The van der Waals surface area contributed by atoms with Crippen molar-refractivity contribution < 1.29 is 19.0 Å². The molecule has 0 bridgehead atoms. The second-order valence-electron chi connectivity index (χ2n) is 8.71. The first-order chi connectivity index (χ1) is 15.0. The molecular formula is C23H30FN5O3. The fourth-order valence-corrected chi connectivity index (χ4v) is 3.81. The van der Waals surface area contributed by atoms with Crippen molar-refractivity contribution >= 4 is 17.0 Å². The summed E-state index contributed by atoms with van der Waals surface area (Å²) in [6, 6.07) is 4.70. The molecule has 1 aromatic carbocycles. The Bertz CT molecular complexity index is 1140. The van der Waals surface area contributed by atoms with Gasteiger partial charge in [0.05, 0.1) is 23.7 Å². The summed E-state index contributed by atoms with van der Waals surface area (Å²) in [5, 5.41) is 23.6. The number of benzene rings is 1. The Hall–Kier alpha value is -3.23. The molecule has 172 valence electrons. The van der Waals surface area contributed by atoms with Crippen molar-refractivity contribution in [3.8, 4) is 11.4 Å². The quantitative estimate of drug-likeness (QED) is 0.570. The van der Waals surface area contributed by atoms with Crippen LogP contribution in [0.5, 0.6) is 5.75 Å². The Balaban J connectivity index is 1.94. The van der Waals surface area contributed by atoms with Crippen molar-refractivity contribution in [1.82, 2.24) is 24.9 Å². The van der Waals surface area contributed by atoms with Gasteiger partial charge in [-0.3, -0.25) is 0 Å². The number of halogens is 1. The van der Waals surface area contributed by atoms with Gasteiger partial charge in [-0.1, -0.05) is 0 Å². The average molecular weight is 444 g/mol. The van der Waals surface area contributed by atoms with Crippen molar-refractivity contribution in [2.45, 2.75) is 59.9 Å². The summed E-state index contributed by atoms with van der Waals surface area (Å²) >= 11 is 0. The predicted octanol–water partition coefficient (Wildman–Crippen LogP) is 4.68. The highest BCUT2D eigenvalue weighted by atomic mass is 19.1. The van der Waals surface area contributed by atoms with Crippen LogP contribution in [0, 0.1) is 19.7 Å². The maximum Gasteiger partial charge on any atom is 0.407 e. The minimum atomic E-state index is -0.955. The molecule has 0 saturated carbocycles. The molecular weight excluding hydrogens is 413 g/mol. The molecule has 9 heteroatoms. The monoisotopic (exact) mass is 443 g/mol. The van der Waals surface area contributed by atoms with Crippen LogP contribution in [0.2, 0.25) is 0 Å². The highest BCUT2D eigenvalue weighted by Gasteiger charge is 2.26. The molecule has 3 aromatic rings. The molecule has 0 radical (unpaired) electrons. The molecule has 1 amide bonds. The summed E-state index contributed by atoms with van der Waals surface area (Å²) < 4.78 is 21.8. The highest BCUT2D eigenvalue weighted by molar-refractivity contribution is 5.85. The molecule has 0 saturated heterocycles. The Morgan fingerprint density at radius 1 is 1.25 bits per heavy atom. The van der Waals surface area contributed by atoms with E-state index in [1.54, 1.807) is 16.8 Å². The zero-order valence-electron chi connectivity index (χ0n) is 19.4. The lowest BCUT2D eigenvalue weighted by Gasteiger charge is -2.33. The third kappa shape index (κ3) is 4.66. The van der Waals surface area contributed by atoms with Gasteiger partial charge in [0.15, 0.2) is 5.82 Å². The van der Waals surface area contributed by atoms with Crippen LogP contribution in [0.1, 0.15) is 51.2 Å². The highest BCUT2D eigenvalue weighted by Crippen LogP contribution is 2.28. The van der Waals surface area contributed by atoms with Gasteiger partial charge >= 0.3 is 6.09 Å². The van der Waals surface area contributed by atoms with Crippen molar-refractivity contribution in [2.24, 2.45) is 0 Å². The van der Waals surface area contributed by atoms with Gasteiger partial charge in [0.1, 0.15) is 17.0 Å². The first-order valence-corrected chi connectivity index (χ1v) is 10.7. The number of carboxylic acid groups (broad SMARTS) is 1. The number of fused-ring (bicyclic) bond motifs is 1. The molecule has 1 N–H and O–H groups in total. The van der Waals surface area contributed by atoms with E-state index in [9.17, 15) is 14.3 Å². The molecule has 8 nitrogen and oxygen atoms in total. The molecule has 2 heterocycles. The van der Waals surface area contributed by atoms with Crippen LogP contribution >= 0.6 is 0 Å². The van der Waals surface area contributed by atoms with Crippen molar-refractivity contribution in [2.75, 3.05) is 13.2 Å². The van der Waals surface area contributed by atoms with Gasteiger partial charge in [0.2, 0.25) is 0 Å². The fraction of sp³-hybridized carbons (Fsp3) is 0.478. The van der Waals surface area contributed by atoms with E-state index in [2.05, 4.69) is 15.3 Å². The molecule has 0 aliphatic carbocycles. The zero-order chi connectivity index (χ0) is 23.6. The third-order valence-electron chi connectivity index (χ3n) is 5.37. The predicted molar refractivity (Wildman–Crippen MR) is 120 cm³/mol. The summed E-state index contributed by atoms with van der Waals surface area (Å²) in [6.07, 6.45) is 0.120. The number of aryl methyl sites for hydroxylation is 3. The normalized spacial score (nSPS) is 11.7. The van der Waals surface area contributed by atoms with Gasteiger partial charge in [0.25, 0.3) is 0 Å². The smallest absolute Gasteiger partial charge is 0.407 e. The zero-order valence-corrected chi connectivity index (χ0v) is 19.4. The number of hydrogen-bond acceptors (Lipinski definition) is 5. The second-order valence-corrected chi connectivity index (χ2v) is 8.71. The number of carbonyl (C=O) groups is 1. The van der Waals surface area contributed by atoms with E-state index in [1.165, 1.54) is 11.0 Å². The first kappa shape index (κ1) is 23.4. The first-order valence-electron chi connectivity index (χ1n) is 10.7. The van der Waals surface area contributed by atoms with Crippen LogP contribution in [-0.2, 0) is 6.42 Å². The van der Waals surface area contributed by atoms with Gasteiger partial charge in [-0.05, 0) is 66.5 Å². The van der Waals surface area contributed by atoms with E-state index >= 15 is 0 Å². The number of hydrogen-bond donors (Lipinski definition) is 1. The van der Waals surface area contributed by atoms with Crippen LogP contribution in [0.25, 0.3) is 16.6 Å². The van der Waals surface area contributed by atoms with Crippen LogP contribution < -0.4 is 4.74 Å². The summed E-state index contributed by atoms with van der Waals surface area (Å²) in [4.78, 5) is 13.0. The molecule has 0 aliphatic rings. The number of amides is 1. The molecule has 0 aliphatic heterocycles. The maximum atomic E-state index is 14.8. The summed E-state index contributed by atoms with van der Waals surface area (Å²) in [5.41, 5.74) is 2.61. The summed E-state index contributed by atoms with van der Waals surface area (Å²) in [7, 11) is 0. The van der Waals surface area contributed by atoms with Crippen molar-refractivity contribution in [1.29, 1.82) is 0 Å². The summed E-state index contributed by atoms with van der Waals surface area (Å²) in [6.45, 7) is 12.0. The Kier molecular flexibility index (Phi) is 6.66. The Labute approximate surface area is 187 Å². The van der Waals surface area contributed by atoms with Gasteiger partial charge < -0.3 is 14.7 Å². The largest absolute Gasteiger partial charge is 0.494 e. The summed E-state index contributed by atoms with van der Waals surface area (Å²) in [5.74, 6) is 0.0272.